The van der Waals surface area contributed by atoms with E-state index in [9.17, 15) is 9.59 Å². The normalized spacial score (nSPS) is 21.3. The Morgan fingerprint density at radius 3 is 2.70 bits per heavy atom. The Bertz CT molecular complexity index is 1060. The van der Waals surface area contributed by atoms with Crippen molar-refractivity contribution in [3.8, 4) is 11.1 Å². The zero-order valence-electron chi connectivity index (χ0n) is 20.0. The number of carbonyl (C=O) groups is 1. The van der Waals surface area contributed by atoms with Crippen LogP contribution >= 0.6 is 0 Å². The van der Waals surface area contributed by atoms with Crippen molar-refractivity contribution in [1.29, 1.82) is 0 Å². The number of pyridine rings is 2. The smallest absolute Gasteiger partial charge is 0.273 e. The number of rotatable bonds is 5. The fourth-order valence-electron chi connectivity index (χ4n) is 4.54. The largest absolute Gasteiger partial charge is 0.378 e. The standard InChI is InChI=1S/C25H34N4O4/c1-16(2)23-12-18(5-8-33-23)24(30)27-20-13-21(17(3)26-14-20)19-11-22(25(31)28(4)15-19)29-6-9-32-10-7-29/h11,13-16,18,23H,5-10,12H2,1-4H3,(H,27,30)/t18-,23?/m0/s1. The molecule has 2 aromatic rings. The Balaban J connectivity index is 1.58. The molecule has 0 saturated carbocycles. The second kappa shape index (κ2) is 10.1. The highest BCUT2D eigenvalue weighted by atomic mass is 16.5. The van der Waals surface area contributed by atoms with Gasteiger partial charge in [0.25, 0.3) is 5.56 Å². The molecule has 2 saturated heterocycles. The van der Waals surface area contributed by atoms with Gasteiger partial charge >= 0.3 is 0 Å². The van der Waals surface area contributed by atoms with Crippen molar-refractivity contribution < 1.29 is 14.3 Å². The van der Waals surface area contributed by atoms with E-state index in [1.807, 2.05) is 25.3 Å². The molecule has 33 heavy (non-hydrogen) atoms. The first-order valence-corrected chi connectivity index (χ1v) is 11.8. The second-order valence-corrected chi connectivity index (χ2v) is 9.35. The number of amides is 1. The summed E-state index contributed by atoms with van der Waals surface area (Å²) in [6.45, 7) is 9.40. The maximum Gasteiger partial charge on any atom is 0.273 e. The Hall–Kier alpha value is -2.71. The number of hydrogen-bond donors (Lipinski definition) is 1. The highest BCUT2D eigenvalue weighted by Gasteiger charge is 2.29. The lowest BCUT2D eigenvalue weighted by Crippen LogP contribution is -2.40. The van der Waals surface area contributed by atoms with Crippen LogP contribution in [0.3, 0.4) is 0 Å². The Morgan fingerprint density at radius 2 is 1.97 bits per heavy atom. The summed E-state index contributed by atoms with van der Waals surface area (Å²) in [4.78, 5) is 32.4. The van der Waals surface area contributed by atoms with Crippen molar-refractivity contribution in [2.75, 3.05) is 43.1 Å². The van der Waals surface area contributed by atoms with Crippen LogP contribution in [0.4, 0.5) is 11.4 Å². The van der Waals surface area contributed by atoms with Crippen LogP contribution in [0.2, 0.25) is 0 Å². The molecule has 0 radical (unpaired) electrons. The minimum absolute atomic E-state index is 0.00928. The molecule has 178 valence electrons. The molecule has 1 unspecified atom stereocenters. The number of aromatic nitrogens is 2. The van der Waals surface area contributed by atoms with Gasteiger partial charge in [0.05, 0.1) is 31.2 Å². The third kappa shape index (κ3) is 5.28. The first kappa shape index (κ1) is 23.4. The van der Waals surface area contributed by atoms with Crippen LogP contribution in [0, 0.1) is 18.8 Å². The van der Waals surface area contributed by atoms with Gasteiger partial charge in [-0.2, -0.15) is 0 Å². The van der Waals surface area contributed by atoms with Crippen LogP contribution in [0.1, 0.15) is 32.4 Å². The van der Waals surface area contributed by atoms with Gasteiger partial charge in [-0.15, -0.1) is 0 Å². The number of ether oxygens (including phenoxy) is 2. The monoisotopic (exact) mass is 454 g/mol. The van der Waals surface area contributed by atoms with E-state index in [0.29, 0.717) is 50.2 Å². The molecule has 1 N–H and O–H groups in total. The maximum atomic E-state index is 13.0. The van der Waals surface area contributed by atoms with Gasteiger partial charge in [-0.3, -0.25) is 14.6 Å². The highest BCUT2D eigenvalue weighted by Crippen LogP contribution is 2.29. The molecule has 0 aliphatic carbocycles. The van der Waals surface area contributed by atoms with Crippen molar-refractivity contribution in [2.45, 2.75) is 39.7 Å². The zero-order chi connectivity index (χ0) is 23.5. The average Bonchev–Trinajstić information content (AvgIpc) is 2.82. The van der Waals surface area contributed by atoms with E-state index < -0.39 is 0 Å². The number of aryl methyl sites for hydroxylation is 2. The molecule has 0 aromatic carbocycles. The summed E-state index contributed by atoms with van der Waals surface area (Å²) in [5, 5.41) is 3.06. The van der Waals surface area contributed by atoms with Gasteiger partial charge in [0, 0.05) is 55.7 Å². The Kier molecular flexibility index (Phi) is 7.14. The molecule has 8 heteroatoms. The Morgan fingerprint density at radius 1 is 1.21 bits per heavy atom. The molecule has 2 fully saturated rings. The third-order valence-electron chi connectivity index (χ3n) is 6.61. The molecule has 0 spiro atoms. The second-order valence-electron chi connectivity index (χ2n) is 9.35. The molecule has 1 amide bonds. The number of hydrogen-bond acceptors (Lipinski definition) is 6. The van der Waals surface area contributed by atoms with Gasteiger partial charge in [-0.1, -0.05) is 13.8 Å². The molecule has 2 aromatic heterocycles. The van der Waals surface area contributed by atoms with E-state index >= 15 is 0 Å². The lowest BCUT2D eigenvalue weighted by atomic mass is 9.89. The molecular weight excluding hydrogens is 420 g/mol. The topological polar surface area (TPSA) is 85.7 Å². The summed E-state index contributed by atoms with van der Waals surface area (Å²) in [6, 6.07) is 3.87. The van der Waals surface area contributed by atoms with Gasteiger partial charge in [0.2, 0.25) is 5.91 Å². The fraction of sp³-hybridized carbons (Fsp3) is 0.560. The van der Waals surface area contributed by atoms with Crippen LogP contribution in [0.5, 0.6) is 0 Å². The zero-order valence-corrected chi connectivity index (χ0v) is 20.0. The van der Waals surface area contributed by atoms with Crippen molar-refractivity contribution in [2.24, 2.45) is 18.9 Å². The fourth-order valence-corrected chi connectivity index (χ4v) is 4.54. The van der Waals surface area contributed by atoms with Crippen LogP contribution < -0.4 is 15.8 Å². The summed E-state index contributed by atoms with van der Waals surface area (Å²) in [7, 11) is 1.76. The number of carbonyl (C=O) groups excluding carboxylic acids is 1. The quantitative estimate of drug-likeness (QED) is 0.748. The minimum Gasteiger partial charge on any atom is -0.378 e. The number of anilines is 2. The van der Waals surface area contributed by atoms with E-state index in [2.05, 4.69) is 29.0 Å². The molecule has 4 rings (SSSR count). The molecule has 2 atom stereocenters. The van der Waals surface area contributed by atoms with Crippen molar-refractivity contribution >= 4 is 17.3 Å². The van der Waals surface area contributed by atoms with Crippen molar-refractivity contribution in [1.82, 2.24) is 9.55 Å². The third-order valence-corrected chi connectivity index (χ3v) is 6.61. The van der Waals surface area contributed by atoms with E-state index in [1.165, 1.54) is 0 Å². The van der Waals surface area contributed by atoms with Crippen LogP contribution in [-0.4, -0.2) is 54.5 Å². The molecule has 0 bridgehead atoms. The van der Waals surface area contributed by atoms with Crippen molar-refractivity contribution in [3.05, 3.63) is 40.6 Å². The summed E-state index contributed by atoms with van der Waals surface area (Å²) in [5.74, 6) is 0.329. The maximum absolute atomic E-state index is 13.0. The summed E-state index contributed by atoms with van der Waals surface area (Å²) in [5.41, 5.74) is 3.92. The van der Waals surface area contributed by atoms with Gasteiger partial charge in [0.15, 0.2) is 0 Å². The first-order valence-electron chi connectivity index (χ1n) is 11.8. The SMILES string of the molecule is Cc1ncc(NC(=O)[C@H]2CCOC(C(C)C)C2)cc1-c1cc(N2CCOCC2)c(=O)n(C)c1. The minimum atomic E-state index is -0.0682. The van der Waals surface area contributed by atoms with E-state index in [4.69, 9.17) is 9.47 Å². The Labute approximate surface area is 194 Å². The summed E-state index contributed by atoms with van der Waals surface area (Å²) >= 11 is 0. The van der Waals surface area contributed by atoms with E-state index in [0.717, 1.165) is 29.7 Å². The van der Waals surface area contributed by atoms with Crippen LogP contribution in [0.15, 0.2) is 29.3 Å². The number of morpholine rings is 1. The van der Waals surface area contributed by atoms with Gasteiger partial charge in [0.1, 0.15) is 5.69 Å². The molecular formula is C25H34N4O4. The lowest BCUT2D eigenvalue weighted by molar-refractivity contribution is -0.126. The van der Waals surface area contributed by atoms with Gasteiger partial charge in [-0.05, 0) is 37.8 Å². The highest BCUT2D eigenvalue weighted by molar-refractivity contribution is 5.93. The van der Waals surface area contributed by atoms with E-state index in [-0.39, 0.29) is 23.5 Å². The van der Waals surface area contributed by atoms with Crippen molar-refractivity contribution in [3.63, 3.8) is 0 Å². The first-order chi connectivity index (χ1) is 15.8. The molecule has 8 nitrogen and oxygen atoms in total. The predicted octanol–water partition coefficient (Wildman–Crippen LogP) is 2.98. The number of nitrogens with zero attached hydrogens (tertiary/aromatic N) is 3. The summed E-state index contributed by atoms with van der Waals surface area (Å²) < 4.78 is 12.9. The van der Waals surface area contributed by atoms with Gasteiger partial charge in [-0.25, -0.2) is 0 Å². The average molecular weight is 455 g/mol. The predicted molar refractivity (Wildman–Crippen MR) is 129 cm³/mol. The van der Waals surface area contributed by atoms with Gasteiger partial charge < -0.3 is 24.3 Å². The lowest BCUT2D eigenvalue weighted by Gasteiger charge is -2.31. The molecule has 2 aliphatic heterocycles. The molecule has 2 aliphatic rings. The van der Waals surface area contributed by atoms with Crippen LogP contribution in [-0.2, 0) is 21.3 Å². The van der Waals surface area contributed by atoms with E-state index in [1.54, 1.807) is 17.8 Å². The van der Waals surface area contributed by atoms with Crippen LogP contribution in [0.25, 0.3) is 11.1 Å². The summed E-state index contributed by atoms with van der Waals surface area (Å²) in [6.07, 6.45) is 5.10. The molecule has 4 heterocycles. The number of nitrogens with one attached hydrogen (secondary N) is 1.